The standard InChI is InChI=1S/C18H16BF2NO2/c1-18(2)10-23-19(24-11-18)16-8-12(20)7-14(15(16)9-22)13-5-3-4-6-17(13)21/h3-8H,10-11H2,1-2H3. The van der Waals surface area contributed by atoms with Crippen molar-refractivity contribution in [1.82, 2.24) is 0 Å². The van der Waals surface area contributed by atoms with Crippen LogP contribution in [0, 0.1) is 28.4 Å². The second-order valence-electron chi connectivity index (χ2n) is 6.63. The molecular weight excluding hydrogens is 311 g/mol. The number of halogens is 2. The number of hydrogen-bond donors (Lipinski definition) is 0. The molecule has 1 fully saturated rings. The molecule has 0 radical (unpaired) electrons. The van der Waals surface area contributed by atoms with Crippen molar-refractivity contribution in [2.45, 2.75) is 13.8 Å². The van der Waals surface area contributed by atoms with Gasteiger partial charge >= 0.3 is 7.12 Å². The second-order valence-corrected chi connectivity index (χ2v) is 6.63. The van der Waals surface area contributed by atoms with Crippen LogP contribution in [-0.2, 0) is 9.31 Å². The van der Waals surface area contributed by atoms with Gasteiger partial charge in [0.05, 0.1) is 11.6 Å². The van der Waals surface area contributed by atoms with Gasteiger partial charge in [-0.1, -0.05) is 32.0 Å². The van der Waals surface area contributed by atoms with Crippen molar-refractivity contribution >= 4 is 12.6 Å². The van der Waals surface area contributed by atoms with Crippen LogP contribution in [0.2, 0.25) is 0 Å². The van der Waals surface area contributed by atoms with E-state index in [0.29, 0.717) is 13.2 Å². The zero-order valence-corrected chi connectivity index (χ0v) is 13.5. The quantitative estimate of drug-likeness (QED) is 0.795. The highest BCUT2D eigenvalue weighted by Crippen LogP contribution is 2.28. The third-order valence-corrected chi connectivity index (χ3v) is 3.91. The average Bonchev–Trinajstić information content (AvgIpc) is 2.54. The Kier molecular flexibility index (Phi) is 4.40. The first-order valence-electron chi connectivity index (χ1n) is 7.63. The van der Waals surface area contributed by atoms with Gasteiger partial charge in [0.15, 0.2) is 0 Å². The molecule has 0 spiro atoms. The molecule has 0 aromatic heterocycles. The molecule has 0 aliphatic carbocycles. The van der Waals surface area contributed by atoms with E-state index in [4.69, 9.17) is 9.31 Å². The molecule has 1 aliphatic rings. The molecule has 6 heteroatoms. The third kappa shape index (κ3) is 3.19. The predicted octanol–water partition coefficient (Wildman–Crippen LogP) is 3.27. The normalized spacial score (nSPS) is 16.7. The van der Waals surface area contributed by atoms with Gasteiger partial charge in [0.2, 0.25) is 0 Å². The van der Waals surface area contributed by atoms with Gasteiger partial charge in [-0.25, -0.2) is 8.78 Å². The molecule has 0 unspecified atom stereocenters. The van der Waals surface area contributed by atoms with Crippen molar-refractivity contribution < 1.29 is 18.1 Å². The smallest absolute Gasteiger partial charge is 0.407 e. The lowest BCUT2D eigenvalue weighted by Crippen LogP contribution is -2.48. The van der Waals surface area contributed by atoms with Crippen LogP contribution in [0.5, 0.6) is 0 Å². The van der Waals surface area contributed by atoms with E-state index in [0.717, 1.165) is 6.07 Å². The fourth-order valence-corrected chi connectivity index (χ4v) is 2.70. The molecule has 1 saturated heterocycles. The van der Waals surface area contributed by atoms with Gasteiger partial charge in [0.1, 0.15) is 11.6 Å². The van der Waals surface area contributed by atoms with Crippen LogP contribution < -0.4 is 5.46 Å². The van der Waals surface area contributed by atoms with Crippen molar-refractivity contribution in [2.75, 3.05) is 13.2 Å². The fraction of sp³-hybridized carbons (Fsp3) is 0.278. The van der Waals surface area contributed by atoms with Crippen LogP contribution in [0.25, 0.3) is 11.1 Å². The Hall–Kier alpha value is -2.23. The number of nitriles is 1. The van der Waals surface area contributed by atoms with Gasteiger partial charge in [-0.2, -0.15) is 5.26 Å². The van der Waals surface area contributed by atoms with E-state index in [1.54, 1.807) is 12.1 Å². The molecule has 0 bridgehead atoms. The highest BCUT2D eigenvalue weighted by molar-refractivity contribution is 6.62. The van der Waals surface area contributed by atoms with E-state index >= 15 is 0 Å². The summed E-state index contributed by atoms with van der Waals surface area (Å²) in [6.45, 7) is 4.83. The molecule has 2 aromatic carbocycles. The van der Waals surface area contributed by atoms with Gasteiger partial charge in [0.25, 0.3) is 0 Å². The van der Waals surface area contributed by atoms with Crippen molar-refractivity contribution in [3.05, 3.63) is 53.6 Å². The molecule has 0 atom stereocenters. The van der Waals surface area contributed by atoms with E-state index in [2.05, 4.69) is 0 Å². The lowest BCUT2D eigenvalue weighted by atomic mass is 9.72. The van der Waals surface area contributed by atoms with Crippen molar-refractivity contribution in [3.63, 3.8) is 0 Å². The number of hydrogen-bond acceptors (Lipinski definition) is 3. The van der Waals surface area contributed by atoms with E-state index in [1.165, 1.54) is 18.2 Å². The van der Waals surface area contributed by atoms with Crippen LogP contribution >= 0.6 is 0 Å². The Morgan fingerprint density at radius 1 is 1.08 bits per heavy atom. The first-order valence-corrected chi connectivity index (χ1v) is 7.63. The van der Waals surface area contributed by atoms with Crippen LogP contribution in [0.3, 0.4) is 0 Å². The first kappa shape index (κ1) is 16.6. The molecule has 122 valence electrons. The van der Waals surface area contributed by atoms with Crippen molar-refractivity contribution in [2.24, 2.45) is 5.41 Å². The van der Waals surface area contributed by atoms with Crippen molar-refractivity contribution in [3.8, 4) is 17.2 Å². The summed E-state index contributed by atoms with van der Waals surface area (Å²) in [5.74, 6) is -1.09. The minimum Gasteiger partial charge on any atom is -0.407 e. The molecule has 3 nitrogen and oxygen atoms in total. The molecule has 1 heterocycles. The maximum absolute atomic E-state index is 14.1. The number of nitrogens with zero attached hydrogens (tertiary/aromatic N) is 1. The molecule has 24 heavy (non-hydrogen) atoms. The van der Waals surface area contributed by atoms with Gasteiger partial charge in [-0.15, -0.1) is 0 Å². The Morgan fingerprint density at radius 3 is 2.38 bits per heavy atom. The Bertz CT molecular complexity index is 807. The summed E-state index contributed by atoms with van der Waals surface area (Å²) >= 11 is 0. The van der Waals surface area contributed by atoms with Crippen LogP contribution in [-0.4, -0.2) is 20.3 Å². The fourth-order valence-electron chi connectivity index (χ4n) is 2.70. The summed E-state index contributed by atoms with van der Waals surface area (Å²) in [6.07, 6.45) is 0. The summed E-state index contributed by atoms with van der Waals surface area (Å²) < 4.78 is 39.6. The Balaban J connectivity index is 2.09. The number of benzene rings is 2. The molecule has 1 aliphatic heterocycles. The topological polar surface area (TPSA) is 42.2 Å². The summed E-state index contributed by atoms with van der Waals surface area (Å²) in [7, 11) is -0.839. The highest BCUT2D eigenvalue weighted by atomic mass is 19.1. The molecular formula is C18H16BF2NO2. The van der Waals surface area contributed by atoms with Crippen LogP contribution in [0.4, 0.5) is 8.78 Å². The van der Waals surface area contributed by atoms with E-state index in [1.807, 2.05) is 19.9 Å². The van der Waals surface area contributed by atoms with Crippen LogP contribution in [0.1, 0.15) is 19.4 Å². The summed E-state index contributed by atoms with van der Waals surface area (Å²) in [6, 6.07) is 10.4. The van der Waals surface area contributed by atoms with E-state index < -0.39 is 18.8 Å². The Morgan fingerprint density at radius 2 is 1.75 bits per heavy atom. The maximum Gasteiger partial charge on any atom is 0.495 e. The molecule has 0 amide bonds. The monoisotopic (exact) mass is 327 g/mol. The average molecular weight is 327 g/mol. The lowest BCUT2D eigenvalue weighted by molar-refractivity contribution is 0.0343. The molecule has 3 rings (SSSR count). The van der Waals surface area contributed by atoms with Crippen LogP contribution in [0.15, 0.2) is 36.4 Å². The molecule has 2 aromatic rings. The van der Waals surface area contributed by atoms with Crippen molar-refractivity contribution in [1.29, 1.82) is 5.26 Å². The minimum atomic E-state index is -0.839. The predicted molar refractivity (Wildman–Crippen MR) is 87.6 cm³/mol. The second kappa shape index (κ2) is 6.35. The maximum atomic E-state index is 14.1. The molecule has 0 N–H and O–H groups in total. The van der Waals surface area contributed by atoms with Gasteiger partial charge < -0.3 is 9.31 Å². The zero-order valence-electron chi connectivity index (χ0n) is 13.5. The summed E-state index contributed by atoms with van der Waals surface area (Å²) in [5.41, 5.74) is 0.663. The summed E-state index contributed by atoms with van der Waals surface area (Å²) in [5, 5.41) is 9.57. The van der Waals surface area contributed by atoms with Gasteiger partial charge in [-0.3, -0.25) is 0 Å². The number of rotatable bonds is 2. The first-order chi connectivity index (χ1) is 11.4. The van der Waals surface area contributed by atoms with Gasteiger partial charge in [-0.05, 0) is 18.2 Å². The zero-order chi connectivity index (χ0) is 17.3. The van der Waals surface area contributed by atoms with E-state index in [9.17, 15) is 14.0 Å². The Labute approximate surface area is 140 Å². The SMILES string of the molecule is CC1(C)COB(c2cc(F)cc(-c3ccccc3F)c2C#N)OC1. The summed E-state index contributed by atoms with van der Waals surface area (Å²) in [4.78, 5) is 0. The minimum absolute atomic E-state index is 0.148. The van der Waals surface area contributed by atoms with E-state index in [-0.39, 0.29) is 27.6 Å². The lowest BCUT2D eigenvalue weighted by Gasteiger charge is -2.33. The molecule has 0 saturated carbocycles. The highest BCUT2D eigenvalue weighted by Gasteiger charge is 2.36. The third-order valence-electron chi connectivity index (χ3n) is 3.91. The van der Waals surface area contributed by atoms with Gasteiger partial charge in [0, 0.05) is 35.2 Å². The largest absolute Gasteiger partial charge is 0.495 e.